The van der Waals surface area contributed by atoms with Crippen LogP contribution >= 0.6 is 11.6 Å². The molecule has 5 heteroatoms. The van der Waals surface area contributed by atoms with Crippen LogP contribution in [0.25, 0.3) is 0 Å². The highest BCUT2D eigenvalue weighted by Gasteiger charge is 2.43. The summed E-state index contributed by atoms with van der Waals surface area (Å²) in [6.07, 6.45) is 0. The molecule has 0 saturated carbocycles. The van der Waals surface area contributed by atoms with Crippen molar-refractivity contribution in [1.82, 2.24) is 9.78 Å². The quantitative estimate of drug-likeness (QED) is 0.854. The van der Waals surface area contributed by atoms with E-state index < -0.39 is 5.41 Å². The Balaban J connectivity index is 2.06. The maximum atomic E-state index is 12.8. The molecule has 0 atom stereocenters. The third kappa shape index (κ3) is 1.97. The van der Waals surface area contributed by atoms with E-state index in [0.29, 0.717) is 11.7 Å². The lowest BCUT2D eigenvalue weighted by atomic mass is 9.86. The zero-order chi connectivity index (χ0) is 15.4. The highest BCUT2D eigenvalue weighted by atomic mass is 35.5. The zero-order valence-corrected chi connectivity index (χ0v) is 13.4. The van der Waals surface area contributed by atoms with Gasteiger partial charge in [0.2, 0.25) is 5.91 Å². The van der Waals surface area contributed by atoms with Gasteiger partial charge >= 0.3 is 0 Å². The maximum Gasteiger partial charge on any atom is 0.237 e. The van der Waals surface area contributed by atoms with Crippen LogP contribution in [0.15, 0.2) is 24.3 Å². The van der Waals surface area contributed by atoms with Crippen LogP contribution < -0.4 is 4.90 Å². The van der Waals surface area contributed by atoms with Crippen molar-refractivity contribution in [2.45, 2.75) is 32.7 Å². The van der Waals surface area contributed by atoms with Crippen molar-refractivity contribution >= 4 is 23.2 Å². The van der Waals surface area contributed by atoms with Crippen LogP contribution in [0.5, 0.6) is 0 Å². The van der Waals surface area contributed by atoms with Gasteiger partial charge in [-0.2, -0.15) is 5.10 Å². The first-order valence-corrected chi connectivity index (χ1v) is 7.31. The minimum atomic E-state index is -0.501. The Bertz CT molecular complexity index is 733. The first-order chi connectivity index (χ1) is 9.84. The number of rotatable bonds is 2. The standard InChI is InChI=1S/C16H18ClN3O/c1-10-11(14(17)19(4)18-10)9-20-13-8-6-5-7-12(13)16(2,3)15(20)21/h5-8H,9H2,1-4H3. The van der Waals surface area contributed by atoms with Crippen molar-refractivity contribution in [3.8, 4) is 0 Å². The lowest BCUT2D eigenvalue weighted by Gasteiger charge is -2.20. The molecule has 0 spiro atoms. The fourth-order valence-corrected chi connectivity index (χ4v) is 3.20. The number of hydrogen-bond donors (Lipinski definition) is 0. The second-order valence-corrected chi connectivity index (χ2v) is 6.37. The second kappa shape index (κ2) is 4.60. The van der Waals surface area contributed by atoms with E-state index in [4.69, 9.17) is 11.6 Å². The van der Waals surface area contributed by atoms with Gasteiger partial charge in [0.25, 0.3) is 0 Å². The predicted octanol–water partition coefficient (Wildman–Crippen LogP) is 3.21. The molecule has 0 radical (unpaired) electrons. The largest absolute Gasteiger partial charge is 0.307 e. The topological polar surface area (TPSA) is 38.1 Å². The number of carbonyl (C=O) groups is 1. The second-order valence-electron chi connectivity index (χ2n) is 6.01. The normalized spacial score (nSPS) is 16.4. The number of aryl methyl sites for hydroxylation is 2. The lowest BCUT2D eigenvalue weighted by Crippen LogP contribution is -2.35. The van der Waals surface area contributed by atoms with Crippen LogP contribution in [0, 0.1) is 6.92 Å². The fourth-order valence-electron chi connectivity index (χ4n) is 2.97. The highest BCUT2D eigenvalue weighted by molar-refractivity contribution is 6.30. The summed E-state index contributed by atoms with van der Waals surface area (Å²) in [5.74, 6) is 0.100. The Labute approximate surface area is 129 Å². The summed E-state index contributed by atoms with van der Waals surface area (Å²) < 4.78 is 1.64. The maximum absolute atomic E-state index is 12.8. The molecule has 1 aromatic heterocycles. The van der Waals surface area contributed by atoms with Gasteiger partial charge in [-0.1, -0.05) is 29.8 Å². The molecule has 1 aliphatic rings. The van der Waals surface area contributed by atoms with Crippen LogP contribution in [0.4, 0.5) is 5.69 Å². The molecule has 1 aromatic carbocycles. The molecule has 0 saturated heterocycles. The molecule has 0 fully saturated rings. The van der Waals surface area contributed by atoms with Gasteiger partial charge in [-0.05, 0) is 32.4 Å². The molecule has 0 aliphatic carbocycles. The summed E-state index contributed by atoms with van der Waals surface area (Å²) in [6.45, 7) is 6.30. The molecule has 2 aromatic rings. The first-order valence-electron chi connectivity index (χ1n) is 6.93. The van der Waals surface area contributed by atoms with Gasteiger partial charge in [-0.15, -0.1) is 0 Å². The summed E-state index contributed by atoms with van der Waals surface area (Å²) in [6, 6.07) is 7.93. The van der Waals surface area contributed by atoms with Crippen LogP contribution in [0.3, 0.4) is 0 Å². The Hall–Kier alpha value is -1.81. The monoisotopic (exact) mass is 303 g/mol. The third-order valence-corrected chi connectivity index (χ3v) is 4.71. The summed E-state index contributed by atoms with van der Waals surface area (Å²) in [4.78, 5) is 14.6. The molecule has 110 valence electrons. The van der Waals surface area contributed by atoms with Gasteiger partial charge in [0.1, 0.15) is 5.15 Å². The lowest BCUT2D eigenvalue weighted by molar-refractivity contribution is -0.122. The Morgan fingerprint density at radius 3 is 2.57 bits per heavy atom. The summed E-state index contributed by atoms with van der Waals surface area (Å²) in [5, 5.41) is 4.90. The number of fused-ring (bicyclic) bond motifs is 1. The zero-order valence-electron chi connectivity index (χ0n) is 12.6. The Kier molecular flexibility index (Phi) is 3.10. The van der Waals surface area contributed by atoms with Gasteiger partial charge in [-0.25, -0.2) is 0 Å². The number of para-hydroxylation sites is 1. The Morgan fingerprint density at radius 2 is 1.95 bits per heavy atom. The molecular weight excluding hydrogens is 286 g/mol. The summed E-state index contributed by atoms with van der Waals surface area (Å²) in [5.41, 5.74) is 3.29. The van der Waals surface area contributed by atoms with Crippen molar-refractivity contribution in [2.24, 2.45) is 7.05 Å². The van der Waals surface area contributed by atoms with E-state index in [0.717, 1.165) is 22.5 Å². The van der Waals surface area contributed by atoms with Crippen LogP contribution in [-0.2, 0) is 23.8 Å². The van der Waals surface area contributed by atoms with Crippen molar-refractivity contribution in [3.05, 3.63) is 46.2 Å². The number of anilines is 1. The summed E-state index contributed by atoms with van der Waals surface area (Å²) in [7, 11) is 1.81. The highest BCUT2D eigenvalue weighted by Crippen LogP contribution is 2.42. The van der Waals surface area contributed by atoms with Gasteiger partial charge < -0.3 is 4.90 Å². The van der Waals surface area contributed by atoms with Crippen molar-refractivity contribution in [2.75, 3.05) is 4.90 Å². The summed E-state index contributed by atoms with van der Waals surface area (Å²) >= 11 is 6.30. The average molecular weight is 304 g/mol. The van der Waals surface area contributed by atoms with Crippen LogP contribution in [0.1, 0.15) is 30.7 Å². The molecule has 1 amide bonds. The van der Waals surface area contributed by atoms with Gasteiger partial charge in [0.15, 0.2) is 0 Å². The molecule has 0 N–H and O–H groups in total. The van der Waals surface area contributed by atoms with Crippen LogP contribution in [0.2, 0.25) is 5.15 Å². The number of aromatic nitrogens is 2. The molecular formula is C16H18ClN3O. The van der Waals surface area contributed by atoms with Crippen molar-refractivity contribution in [3.63, 3.8) is 0 Å². The van der Waals surface area contributed by atoms with E-state index in [9.17, 15) is 4.79 Å². The predicted molar refractivity (Wildman–Crippen MR) is 83.6 cm³/mol. The number of nitrogens with zero attached hydrogens (tertiary/aromatic N) is 3. The van der Waals surface area contributed by atoms with E-state index >= 15 is 0 Å². The van der Waals surface area contributed by atoms with Crippen molar-refractivity contribution < 1.29 is 4.79 Å². The Morgan fingerprint density at radius 1 is 1.29 bits per heavy atom. The third-order valence-electron chi connectivity index (χ3n) is 4.23. The van der Waals surface area contributed by atoms with Gasteiger partial charge in [0, 0.05) is 18.3 Å². The van der Waals surface area contributed by atoms with E-state index in [-0.39, 0.29) is 5.91 Å². The first kappa shape index (κ1) is 14.1. The van der Waals surface area contributed by atoms with E-state index in [2.05, 4.69) is 5.10 Å². The van der Waals surface area contributed by atoms with E-state index in [1.54, 1.807) is 4.68 Å². The minimum absolute atomic E-state index is 0.100. The molecule has 0 unspecified atom stereocenters. The fraction of sp³-hybridized carbons (Fsp3) is 0.375. The van der Waals surface area contributed by atoms with Gasteiger partial charge in [0.05, 0.1) is 17.7 Å². The van der Waals surface area contributed by atoms with Gasteiger partial charge in [-0.3, -0.25) is 9.48 Å². The molecule has 21 heavy (non-hydrogen) atoms. The number of halogens is 1. The average Bonchev–Trinajstić information content (AvgIpc) is 2.79. The molecule has 3 rings (SSSR count). The molecule has 4 nitrogen and oxygen atoms in total. The number of carbonyl (C=O) groups excluding carboxylic acids is 1. The number of amides is 1. The van der Waals surface area contributed by atoms with E-state index in [1.165, 1.54) is 0 Å². The smallest absolute Gasteiger partial charge is 0.237 e. The number of hydrogen-bond acceptors (Lipinski definition) is 2. The number of benzene rings is 1. The molecule has 1 aliphatic heterocycles. The van der Waals surface area contributed by atoms with Crippen LogP contribution in [-0.4, -0.2) is 15.7 Å². The van der Waals surface area contributed by atoms with E-state index in [1.807, 2.05) is 57.0 Å². The minimum Gasteiger partial charge on any atom is -0.307 e. The molecule has 0 bridgehead atoms. The molecule has 2 heterocycles. The van der Waals surface area contributed by atoms with Crippen molar-refractivity contribution in [1.29, 1.82) is 0 Å². The SMILES string of the molecule is Cc1nn(C)c(Cl)c1CN1C(=O)C(C)(C)c2ccccc21.